The van der Waals surface area contributed by atoms with Crippen molar-refractivity contribution in [3.63, 3.8) is 0 Å². The van der Waals surface area contributed by atoms with Gasteiger partial charge in [-0.1, -0.05) is 30.3 Å². The number of pyridine rings is 1. The minimum atomic E-state index is -4.50. The lowest BCUT2D eigenvalue weighted by molar-refractivity contribution is -0.137. The molecule has 0 aliphatic heterocycles. The van der Waals surface area contributed by atoms with E-state index in [1.54, 1.807) is 67.5 Å². The minimum Gasteiger partial charge on any atom is -0.362 e. The van der Waals surface area contributed by atoms with E-state index >= 15 is 0 Å². The molecule has 0 saturated carbocycles. The monoisotopic (exact) mass is 410 g/mol. The molecule has 0 atom stereocenters. The predicted molar refractivity (Wildman–Crippen MR) is 110 cm³/mol. The van der Waals surface area contributed by atoms with Crippen LogP contribution in [0, 0.1) is 0 Å². The Labute approximate surface area is 169 Å². The molecule has 152 valence electrons. The summed E-state index contributed by atoms with van der Waals surface area (Å²) < 4.78 is 39.8. The van der Waals surface area contributed by atoms with E-state index in [1.165, 1.54) is 0 Å². The van der Waals surface area contributed by atoms with Gasteiger partial charge >= 0.3 is 6.18 Å². The topological polar surface area (TPSA) is 61.9 Å². The van der Waals surface area contributed by atoms with E-state index in [1.807, 2.05) is 0 Å². The molecule has 2 heterocycles. The van der Waals surface area contributed by atoms with E-state index < -0.39 is 11.7 Å². The lowest BCUT2D eigenvalue weighted by atomic mass is 10.0. The molecule has 5 nitrogen and oxygen atoms in total. The summed E-state index contributed by atoms with van der Waals surface area (Å²) in [6.45, 7) is 0. The fourth-order valence-electron chi connectivity index (χ4n) is 3.24. The Morgan fingerprint density at radius 3 is 2.43 bits per heavy atom. The van der Waals surface area contributed by atoms with Crippen LogP contribution in [0.15, 0.2) is 65.6 Å². The molecule has 0 aliphatic carbocycles. The van der Waals surface area contributed by atoms with Gasteiger partial charge in [0.15, 0.2) is 0 Å². The first-order valence-electron chi connectivity index (χ1n) is 9.08. The Kier molecular flexibility index (Phi) is 4.77. The van der Waals surface area contributed by atoms with Crippen molar-refractivity contribution < 1.29 is 13.2 Å². The van der Waals surface area contributed by atoms with Gasteiger partial charge in [-0.3, -0.25) is 4.79 Å². The van der Waals surface area contributed by atoms with E-state index in [0.29, 0.717) is 39.2 Å². The summed E-state index contributed by atoms with van der Waals surface area (Å²) in [5.74, 6) is 0.743. The number of rotatable bonds is 3. The Bertz CT molecular complexity index is 1300. The van der Waals surface area contributed by atoms with Crippen LogP contribution in [0.3, 0.4) is 0 Å². The van der Waals surface area contributed by atoms with E-state index in [-0.39, 0.29) is 5.56 Å². The molecule has 0 amide bonds. The highest BCUT2D eigenvalue weighted by Crippen LogP contribution is 2.36. The molecule has 8 heteroatoms. The third-order valence-corrected chi connectivity index (χ3v) is 4.68. The number of para-hydroxylation sites is 1. The number of hydrogen-bond acceptors (Lipinski definition) is 4. The number of aromatic amines is 1. The fraction of sp³-hybridized carbons (Fsp3) is 0.136. The van der Waals surface area contributed by atoms with Crippen molar-refractivity contribution in [2.24, 2.45) is 0 Å². The van der Waals surface area contributed by atoms with E-state index in [4.69, 9.17) is 0 Å². The van der Waals surface area contributed by atoms with Crippen LogP contribution in [0.5, 0.6) is 0 Å². The number of aromatic nitrogens is 3. The van der Waals surface area contributed by atoms with Gasteiger partial charge in [0, 0.05) is 31.4 Å². The molecule has 30 heavy (non-hydrogen) atoms. The van der Waals surface area contributed by atoms with Crippen LogP contribution in [0.2, 0.25) is 0 Å². The molecule has 0 aliphatic rings. The maximum Gasteiger partial charge on any atom is 0.417 e. The molecule has 2 aromatic heterocycles. The number of nitrogens with zero attached hydrogens (tertiary/aromatic N) is 3. The summed E-state index contributed by atoms with van der Waals surface area (Å²) >= 11 is 0. The van der Waals surface area contributed by atoms with Crippen LogP contribution >= 0.6 is 0 Å². The zero-order chi connectivity index (χ0) is 21.5. The highest BCUT2D eigenvalue weighted by atomic mass is 19.4. The van der Waals surface area contributed by atoms with Crippen molar-refractivity contribution in [2.45, 2.75) is 6.18 Å². The molecule has 0 saturated heterocycles. The number of benzene rings is 2. The van der Waals surface area contributed by atoms with Gasteiger partial charge in [-0.25, -0.2) is 9.97 Å². The number of nitrogens with one attached hydrogen (secondary N) is 1. The molecule has 0 radical (unpaired) electrons. The van der Waals surface area contributed by atoms with Crippen LogP contribution in [0.1, 0.15) is 5.56 Å². The van der Waals surface area contributed by atoms with E-state index in [0.717, 1.165) is 12.3 Å². The highest BCUT2D eigenvalue weighted by molar-refractivity contribution is 5.82. The maximum atomic E-state index is 13.3. The second-order valence-electron chi connectivity index (χ2n) is 7.00. The molecular formula is C22H17F3N4O. The molecule has 0 unspecified atom stereocenters. The molecule has 4 rings (SSSR count). The summed E-state index contributed by atoms with van der Waals surface area (Å²) in [7, 11) is 3.43. The normalized spacial score (nSPS) is 11.6. The third-order valence-electron chi connectivity index (χ3n) is 4.68. The molecule has 0 spiro atoms. The number of fused-ring (bicyclic) bond motifs is 1. The number of H-pyrrole nitrogens is 1. The first-order chi connectivity index (χ1) is 14.2. The SMILES string of the molecule is CN(C)c1ncc(C(F)(F)F)cc1-c1cccc(-c2nc3ccccc3c(=O)[nH]2)c1. The van der Waals surface area contributed by atoms with Crippen LogP contribution < -0.4 is 10.5 Å². The van der Waals surface area contributed by atoms with E-state index in [9.17, 15) is 18.0 Å². The van der Waals surface area contributed by atoms with Crippen molar-refractivity contribution in [1.29, 1.82) is 0 Å². The average molecular weight is 410 g/mol. The van der Waals surface area contributed by atoms with Crippen molar-refractivity contribution in [1.82, 2.24) is 15.0 Å². The van der Waals surface area contributed by atoms with Gasteiger partial charge in [0.25, 0.3) is 5.56 Å². The zero-order valence-electron chi connectivity index (χ0n) is 16.2. The van der Waals surface area contributed by atoms with Crippen LogP contribution in [-0.2, 0) is 6.18 Å². The number of hydrogen-bond donors (Lipinski definition) is 1. The van der Waals surface area contributed by atoms with Crippen molar-refractivity contribution in [2.75, 3.05) is 19.0 Å². The predicted octanol–water partition coefficient (Wildman–Crippen LogP) is 4.74. The number of alkyl halides is 3. The first-order valence-corrected chi connectivity index (χ1v) is 9.08. The van der Waals surface area contributed by atoms with Gasteiger partial charge < -0.3 is 9.88 Å². The highest BCUT2D eigenvalue weighted by Gasteiger charge is 2.32. The first kappa shape index (κ1) is 19.6. The minimum absolute atomic E-state index is 0.282. The Balaban J connectivity index is 1.88. The standard InChI is InChI=1S/C22H17F3N4O/c1-29(2)20-17(11-15(12-26-20)22(23,24)25)13-6-5-7-14(10-13)19-27-18-9-4-3-8-16(18)21(30)28-19/h3-12H,1-2H3,(H,27,28,30). The average Bonchev–Trinajstić information content (AvgIpc) is 2.72. The van der Waals surface area contributed by atoms with Crippen LogP contribution in [0.25, 0.3) is 33.4 Å². The summed E-state index contributed by atoms with van der Waals surface area (Å²) in [5.41, 5.74) is 0.876. The van der Waals surface area contributed by atoms with Crippen LogP contribution in [-0.4, -0.2) is 29.0 Å². The van der Waals surface area contributed by atoms with Crippen molar-refractivity contribution in [3.05, 3.63) is 76.7 Å². The maximum absolute atomic E-state index is 13.3. The molecule has 1 N–H and O–H groups in total. The molecule has 2 aromatic carbocycles. The van der Waals surface area contributed by atoms with Gasteiger partial charge in [-0.2, -0.15) is 13.2 Å². The summed E-state index contributed by atoms with van der Waals surface area (Å²) in [4.78, 5) is 25.3. The van der Waals surface area contributed by atoms with Gasteiger partial charge in [-0.05, 0) is 29.8 Å². The summed E-state index contributed by atoms with van der Waals surface area (Å²) in [6, 6.07) is 14.9. The van der Waals surface area contributed by atoms with Gasteiger partial charge in [0.2, 0.25) is 0 Å². The Hall–Kier alpha value is -3.68. The van der Waals surface area contributed by atoms with Crippen molar-refractivity contribution in [3.8, 4) is 22.5 Å². The lowest BCUT2D eigenvalue weighted by Gasteiger charge is -2.18. The van der Waals surface area contributed by atoms with Gasteiger partial charge in [0.1, 0.15) is 11.6 Å². The molecule has 0 bridgehead atoms. The lowest BCUT2D eigenvalue weighted by Crippen LogP contribution is -2.14. The third kappa shape index (κ3) is 3.63. The van der Waals surface area contributed by atoms with Crippen molar-refractivity contribution >= 4 is 16.7 Å². The summed E-state index contributed by atoms with van der Waals surface area (Å²) in [6.07, 6.45) is -3.68. The van der Waals surface area contributed by atoms with Gasteiger partial charge in [0.05, 0.1) is 16.5 Å². The zero-order valence-corrected chi connectivity index (χ0v) is 16.2. The smallest absolute Gasteiger partial charge is 0.362 e. The van der Waals surface area contributed by atoms with E-state index in [2.05, 4.69) is 15.0 Å². The second kappa shape index (κ2) is 7.29. The number of anilines is 1. The Morgan fingerprint density at radius 1 is 0.967 bits per heavy atom. The largest absolute Gasteiger partial charge is 0.417 e. The molecular weight excluding hydrogens is 393 g/mol. The fourth-order valence-corrected chi connectivity index (χ4v) is 3.24. The Morgan fingerprint density at radius 2 is 1.70 bits per heavy atom. The summed E-state index contributed by atoms with van der Waals surface area (Å²) in [5, 5.41) is 0.467. The molecule has 0 fully saturated rings. The molecule has 4 aromatic rings. The quantitative estimate of drug-likeness (QED) is 0.530. The van der Waals surface area contributed by atoms with Crippen LogP contribution in [0.4, 0.5) is 19.0 Å². The van der Waals surface area contributed by atoms with Gasteiger partial charge in [-0.15, -0.1) is 0 Å². The number of halogens is 3. The second-order valence-corrected chi connectivity index (χ2v) is 7.00.